The molecule has 1 aromatic carbocycles. The van der Waals surface area contributed by atoms with Crippen molar-refractivity contribution >= 4 is 35.1 Å². The number of carbonyl (C=O) groups is 2. The number of morpholine rings is 1. The second kappa shape index (κ2) is 15.5. The molecule has 4 aliphatic rings. The van der Waals surface area contributed by atoms with Crippen LogP contribution in [0.5, 0.6) is 0 Å². The van der Waals surface area contributed by atoms with Crippen molar-refractivity contribution in [3.8, 4) is 0 Å². The van der Waals surface area contributed by atoms with Gasteiger partial charge in [0.15, 0.2) is 0 Å². The van der Waals surface area contributed by atoms with Crippen LogP contribution in [0, 0.1) is 11.8 Å². The smallest absolute Gasteiger partial charge is 0.410 e. The number of halogens is 1. The molecule has 3 atom stereocenters. The largest absolute Gasteiger partial charge is 0.441 e. The van der Waals surface area contributed by atoms with Crippen LogP contribution in [0.3, 0.4) is 0 Å². The Morgan fingerprint density at radius 3 is 2.25 bits per heavy atom. The molecule has 2 heterocycles. The summed E-state index contributed by atoms with van der Waals surface area (Å²) in [6.07, 6.45) is 7.59. The summed E-state index contributed by atoms with van der Waals surface area (Å²) in [5.74, 6) is 1.20. The molecular formula is C30H48ClN3O5S. The number of nitrogens with one attached hydrogen (secondary N) is 1. The quantitative estimate of drug-likeness (QED) is 0.383. The fourth-order valence-corrected chi connectivity index (χ4v) is 7.02. The second-order valence-electron chi connectivity index (χ2n) is 11.2. The number of hydrogen-bond donors (Lipinski definition) is 1. The molecule has 1 N–H and O–H groups in total. The SMILES string of the molecule is CC.CC(C)NC=O.CCC1CCN(C(=O)OC2(C3COCC(C4CC4)N3S(=O)c3ccc(Cl)cc3)CC2)CC1. The molecule has 2 aliphatic carbocycles. The Labute approximate surface area is 248 Å². The van der Waals surface area contributed by atoms with Gasteiger partial charge in [0, 0.05) is 30.2 Å². The van der Waals surface area contributed by atoms with Crippen LogP contribution in [-0.2, 0) is 25.3 Å². The Hall–Kier alpha value is -1.68. The summed E-state index contributed by atoms with van der Waals surface area (Å²) in [6, 6.07) is 7.39. The predicted octanol–water partition coefficient (Wildman–Crippen LogP) is 5.80. The Bertz CT molecular complexity index is 963. The van der Waals surface area contributed by atoms with Gasteiger partial charge in [0.25, 0.3) is 0 Å². The van der Waals surface area contributed by atoms with E-state index in [-0.39, 0.29) is 24.2 Å². The second-order valence-corrected chi connectivity index (χ2v) is 13.1. The van der Waals surface area contributed by atoms with Crippen LogP contribution in [0.25, 0.3) is 0 Å². The van der Waals surface area contributed by atoms with Crippen molar-refractivity contribution in [3.63, 3.8) is 0 Å². The highest BCUT2D eigenvalue weighted by molar-refractivity contribution is 7.82. The van der Waals surface area contributed by atoms with Crippen LogP contribution in [0.15, 0.2) is 29.2 Å². The Balaban J connectivity index is 0.000000491. The van der Waals surface area contributed by atoms with Gasteiger partial charge in [-0.2, -0.15) is 0 Å². The number of amides is 2. The normalized spacial score (nSPS) is 25.0. The molecule has 1 aromatic rings. The van der Waals surface area contributed by atoms with Gasteiger partial charge in [-0.3, -0.25) is 4.79 Å². The summed E-state index contributed by atoms with van der Waals surface area (Å²) < 4.78 is 28.1. The molecule has 2 amide bonds. The zero-order valence-corrected chi connectivity index (χ0v) is 26.3. The zero-order chi connectivity index (χ0) is 29.3. The number of nitrogens with zero attached hydrogens (tertiary/aromatic N) is 2. The molecule has 5 rings (SSSR count). The lowest BCUT2D eigenvalue weighted by Gasteiger charge is -2.44. The number of benzene rings is 1. The van der Waals surface area contributed by atoms with Gasteiger partial charge in [-0.05, 0) is 88.5 Å². The minimum Gasteiger partial charge on any atom is -0.441 e. The molecule has 10 heteroatoms. The van der Waals surface area contributed by atoms with Crippen LogP contribution in [0.2, 0.25) is 5.02 Å². The minimum absolute atomic E-state index is 0.0849. The summed E-state index contributed by atoms with van der Waals surface area (Å²) in [4.78, 5) is 25.1. The van der Waals surface area contributed by atoms with Gasteiger partial charge in [0.2, 0.25) is 6.41 Å². The first kappa shape index (κ1) is 32.8. The summed E-state index contributed by atoms with van der Waals surface area (Å²) in [6.45, 7) is 12.6. The summed E-state index contributed by atoms with van der Waals surface area (Å²) >= 11 is 6.06. The average molecular weight is 598 g/mol. The van der Waals surface area contributed by atoms with Crippen molar-refractivity contribution in [2.45, 2.75) is 108 Å². The van der Waals surface area contributed by atoms with Gasteiger partial charge in [-0.1, -0.05) is 38.8 Å². The van der Waals surface area contributed by atoms with Gasteiger partial charge in [0.1, 0.15) is 16.6 Å². The van der Waals surface area contributed by atoms with Crippen molar-refractivity contribution in [1.29, 1.82) is 0 Å². The molecule has 2 saturated heterocycles. The standard InChI is InChI=1S/C24H33ClN2O4S.C4H9NO.C2H6/c1-2-17-9-13-26(14-10-17)23(28)31-24(11-12-24)22-16-30-15-21(18-3-4-18)27(22)32(29)20-7-5-19(25)6-8-20;1-4(2)5-3-6;1-2/h5-8,17-18,21-22H,2-4,9-16H2,1H3;3-4H,1-2H3,(H,5,6);1-2H3. The van der Waals surface area contributed by atoms with Crippen molar-refractivity contribution in [1.82, 2.24) is 14.5 Å². The molecule has 0 bridgehead atoms. The molecule has 0 radical (unpaired) electrons. The molecular weight excluding hydrogens is 550 g/mol. The number of piperidine rings is 1. The maximum Gasteiger partial charge on any atom is 0.410 e. The number of rotatable bonds is 8. The van der Waals surface area contributed by atoms with E-state index in [1.165, 1.54) is 6.42 Å². The maximum atomic E-state index is 13.8. The lowest BCUT2D eigenvalue weighted by molar-refractivity contribution is -0.109. The fraction of sp³-hybridized carbons (Fsp3) is 0.733. The van der Waals surface area contributed by atoms with Crippen LogP contribution in [0.4, 0.5) is 4.79 Å². The Morgan fingerprint density at radius 2 is 1.77 bits per heavy atom. The van der Waals surface area contributed by atoms with Gasteiger partial charge < -0.3 is 19.7 Å². The highest BCUT2D eigenvalue weighted by Crippen LogP contribution is 2.50. The highest BCUT2D eigenvalue weighted by Gasteiger charge is 2.60. The monoisotopic (exact) mass is 597 g/mol. The summed E-state index contributed by atoms with van der Waals surface area (Å²) in [7, 11) is -1.36. The third-order valence-corrected chi connectivity index (χ3v) is 9.90. The fourth-order valence-electron chi connectivity index (χ4n) is 5.32. The Morgan fingerprint density at radius 1 is 1.15 bits per heavy atom. The number of hydrogen-bond acceptors (Lipinski definition) is 5. The summed E-state index contributed by atoms with van der Waals surface area (Å²) in [5, 5.41) is 3.16. The Kier molecular flexibility index (Phi) is 12.7. The van der Waals surface area contributed by atoms with Gasteiger partial charge in [0.05, 0.1) is 24.2 Å². The van der Waals surface area contributed by atoms with Crippen molar-refractivity contribution in [3.05, 3.63) is 29.3 Å². The van der Waals surface area contributed by atoms with Gasteiger partial charge >= 0.3 is 6.09 Å². The predicted molar refractivity (Wildman–Crippen MR) is 160 cm³/mol. The molecule has 0 spiro atoms. The van der Waals surface area contributed by atoms with E-state index < -0.39 is 16.6 Å². The van der Waals surface area contributed by atoms with Crippen molar-refractivity contribution in [2.75, 3.05) is 26.3 Å². The van der Waals surface area contributed by atoms with Gasteiger partial charge in [-0.15, -0.1) is 0 Å². The zero-order valence-electron chi connectivity index (χ0n) is 24.8. The maximum absolute atomic E-state index is 13.8. The third-order valence-electron chi connectivity index (χ3n) is 8.06. The van der Waals surface area contributed by atoms with E-state index in [9.17, 15) is 13.8 Å². The van der Waals surface area contributed by atoms with Crippen LogP contribution < -0.4 is 5.32 Å². The topological polar surface area (TPSA) is 88.2 Å². The molecule has 0 aromatic heterocycles. The van der Waals surface area contributed by atoms with Crippen LogP contribution >= 0.6 is 11.6 Å². The van der Waals surface area contributed by atoms with E-state index in [1.807, 2.05) is 44.7 Å². The van der Waals surface area contributed by atoms with E-state index in [0.717, 1.165) is 56.5 Å². The third kappa shape index (κ3) is 8.66. The summed E-state index contributed by atoms with van der Waals surface area (Å²) in [5.41, 5.74) is -0.603. The number of ether oxygens (including phenoxy) is 2. The number of carbonyl (C=O) groups excluding carboxylic acids is 2. The van der Waals surface area contributed by atoms with E-state index in [2.05, 4.69) is 16.5 Å². The van der Waals surface area contributed by atoms with E-state index in [4.69, 9.17) is 21.1 Å². The lowest BCUT2D eigenvalue weighted by atomic mass is 9.95. The van der Waals surface area contributed by atoms with E-state index in [1.54, 1.807) is 12.1 Å². The molecule has 226 valence electrons. The first-order chi connectivity index (χ1) is 19.3. The lowest BCUT2D eigenvalue weighted by Crippen LogP contribution is -2.60. The highest BCUT2D eigenvalue weighted by atomic mass is 35.5. The molecule has 8 nitrogen and oxygen atoms in total. The van der Waals surface area contributed by atoms with Crippen LogP contribution in [0.1, 0.15) is 79.6 Å². The molecule has 2 saturated carbocycles. The first-order valence-electron chi connectivity index (χ1n) is 15.0. The van der Waals surface area contributed by atoms with Crippen molar-refractivity contribution < 1.29 is 23.3 Å². The van der Waals surface area contributed by atoms with Gasteiger partial charge in [-0.25, -0.2) is 13.3 Å². The van der Waals surface area contributed by atoms with E-state index >= 15 is 0 Å². The first-order valence-corrected chi connectivity index (χ1v) is 16.5. The van der Waals surface area contributed by atoms with Crippen molar-refractivity contribution in [2.24, 2.45) is 11.8 Å². The average Bonchev–Trinajstić information content (AvgIpc) is 3.90. The van der Waals surface area contributed by atoms with E-state index in [0.29, 0.717) is 36.5 Å². The molecule has 4 fully saturated rings. The molecule has 2 aliphatic heterocycles. The van der Waals surface area contributed by atoms with Crippen LogP contribution in [-0.4, -0.2) is 75.9 Å². The minimum atomic E-state index is -1.36. The number of likely N-dealkylation sites (tertiary alicyclic amines) is 1. The molecule has 3 unspecified atom stereocenters. The molecule has 40 heavy (non-hydrogen) atoms.